The molecule has 1 atom stereocenters. The van der Waals surface area contributed by atoms with Gasteiger partial charge in [0, 0.05) is 29.3 Å². The average molecular weight is 503 g/mol. The average Bonchev–Trinajstić information content (AvgIpc) is 3.42. The molecule has 4 N–H and O–H groups in total. The van der Waals surface area contributed by atoms with Crippen LogP contribution in [0.4, 0.5) is 16.2 Å². The van der Waals surface area contributed by atoms with Crippen LogP contribution in [0.15, 0.2) is 47.5 Å². The van der Waals surface area contributed by atoms with Crippen molar-refractivity contribution >= 4 is 29.0 Å². The van der Waals surface area contributed by atoms with Gasteiger partial charge in [0.25, 0.3) is 5.91 Å². The lowest BCUT2D eigenvalue weighted by Gasteiger charge is -2.27. The van der Waals surface area contributed by atoms with Crippen molar-refractivity contribution in [3.8, 4) is 11.4 Å². The highest BCUT2D eigenvalue weighted by Gasteiger charge is 2.35. The number of aryl methyl sites for hydroxylation is 1. The monoisotopic (exact) mass is 502 g/mol. The number of benzodiazepines with no additional fused rings is 1. The Morgan fingerprint density at radius 2 is 1.97 bits per heavy atom. The number of fused-ring (bicyclic) bond motifs is 1. The van der Waals surface area contributed by atoms with E-state index in [-0.39, 0.29) is 25.0 Å². The molecule has 0 saturated heterocycles. The van der Waals surface area contributed by atoms with Crippen molar-refractivity contribution in [3.05, 3.63) is 53.6 Å². The molecule has 0 unspecified atom stereocenters. The summed E-state index contributed by atoms with van der Waals surface area (Å²) in [7, 11) is 0. The fraction of sp³-hybridized carbons (Fsp3) is 0.385. The van der Waals surface area contributed by atoms with E-state index in [2.05, 4.69) is 31.3 Å². The van der Waals surface area contributed by atoms with Crippen LogP contribution >= 0.6 is 0 Å². The first-order chi connectivity index (χ1) is 18.0. The number of nitrogens with zero attached hydrogens (tertiary/aromatic N) is 5. The number of aromatic amines is 1. The largest absolute Gasteiger partial charge is 0.395 e. The van der Waals surface area contributed by atoms with E-state index in [1.807, 2.05) is 31.2 Å². The standard InChI is InChI=1S/C26H30N8O3/c1-16-7-5-12-20-21(17-8-3-2-4-9-17)28-24(25(36)34(13-14-35)22(16)20)29-26(37)27-19-11-6-10-18(15-19)23-30-32-33-31-23/h5-7,10-12,15,17,24,35H,2-4,8-9,13-14H2,1H3,(H2,27,29,37)(H,30,31,32,33)/t24-/m0/s1. The highest BCUT2D eigenvalue weighted by Crippen LogP contribution is 2.35. The van der Waals surface area contributed by atoms with Crippen LogP contribution in [0.25, 0.3) is 11.4 Å². The van der Waals surface area contributed by atoms with E-state index in [4.69, 9.17) is 4.99 Å². The third-order valence-electron chi connectivity index (χ3n) is 6.87. The summed E-state index contributed by atoms with van der Waals surface area (Å²) in [6.45, 7) is 1.85. The summed E-state index contributed by atoms with van der Waals surface area (Å²) >= 11 is 0. The van der Waals surface area contributed by atoms with Gasteiger partial charge in [0.05, 0.1) is 18.0 Å². The maximum atomic E-state index is 13.7. The molecule has 1 saturated carbocycles. The quantitative estimate of drug-likeness (QED) is 0.407. The zero-order valence-electron chi connectivity index (χ0n) is 20.6. The van der Waals surface area contributed by atoms with Crippen LogP contribution in [0.1, 0.15) is 43.2 Å². The Morgan fingerprint density at radius 1 is 1.16 bits per heavy atom. The van der Waals surface area contributed by atoms with Crippen molar-refractivity contribution in [3.63, 3.8) is 0 Å². The molecule has 37 heavy (non-hydrogen) atoms. The van der Waals surface area contributed by atoms with Gasteiger partial charge in [-0.05, 0) is 47.9 Å². The van der Waals surface area contributed by atoms with Crippen molar-refractivity contribution in [1.82, 2.24) is 25.9 Å². The third-order valence-corrected chi connectivity index (χ3v) is 6.87. The van der Waals surface area contributed by atoms with E-state index >= 15 is 0 Å². The molecule has 0 bridgehead atoms. The molecule has 5 rings (SSSR count). The second kappa shape index (κ2) is 10.9. The predicted octanol–water partition coefficient (Wildman–Crippen LogP) is 3.03. The number of amides is 3. The van der Waals surface area contributed by atoms with Crippen molar-refractivity contribution in [2.75, 3.05) is 23.4 Å². The number of para-hydroxylation sites is 1. The Bertz CT molecular complexity index is 1300. The SMILES string of the molecule is Cc1cccc2c1N(CCO)C(=O)[C@H](NC(=O)Nc1cccc(-c3nnn[nH]3)c1)N=C2C1CCCCC1. The number of hydrogen-bond acceptors (Lipinski definition) is 7. The summed E-state index contributed by atoms with van der Waals surface area (Å²) < 4.78 is 0. The van der Waals surface area contributed by atoms with Gasteiger partial charge in [-0.2, -0.15) is 0 Å². The predicted molar refractivity (Wildman–Crippen MR) is 139 cm³/mol. The first kappa shape index (κ1) is 24.6. The molecular weight excluding hydrogens is 472 g/mol. The second-order valence-corrected chi connectivity index (χ2v) is 9.37. The van der Waals surface area contributed by atoms with E-state index in [0.717, 1.165) is 48.2 Å². The molecule has 3 amide bonds. The van der Waals surface area contributed by atoms with Crippen molar-refractivity contribution < 1.29 is 14.7 Å². The molecule has 1 aromatic heterocycles. The van der Waals surface area contributed by atoms with Gasteiger partial charge in [-0.25, -0.2) is 9.89 Å². The number of H-pyrrole nitrogens is 1. The minimum atomic E-state index is -1.13. The summed E-state index contributed by atoms with van der Waals surface area (Å²) in [6, 6.07) is 12.4. The number of tetrazole rings is 1. The number of carbonyl (C=O) groups excluding carboxylic acids is 2. The highest BCUT2D eigenvalue weighted by molar-refractivity contribution is 6.14. The van der Waals surface area contributed by atoms with E-state index in [0.29, 0.717) is 17.1 Å². The Balaban J connectivity index is 1.45. The number of aliphatic hydroxyl groups excluding tert-OH is 1. The van der Waals surface area contributed by atoms with Crippen LogP contribution in [-0.4, -0.2) is 62.7 Å². The lowest BCUT2D eigenvalue weighted by atomic mass is 9.82. The molecular formula is C26H30N8O3. The molecule has 192 valence electrons. The number of aromatic nitrogens is 4. The molecule has 2 heterocycles. The van der Waals surface area contributed by atoms with Crippen LogP contribution in [0, 0.1) is 12.8 Å². The minimum Gasteiger partial charge on any atom is -0.395 e. The number of urea groups is 1. The summed E-state index contributed by atoms with van der Waals surface area (Å²) in [5.74, 6) is 0.292. The van der Waals surface area contributed by atoms with Gasteiger partial charge in [-0.15, -0.1) is 5.10 Å². The van der Waals surface area contributed by atoms with Crippen LogP contribution in [-0.2, 0) is 4.79 Å². The molecule has 11 heteroatoms. The molecule has 11 nitrogen and oxygen atoms in total. The number of nitrogens with one attached hydrogen (secondary N) is 3. The van der Waals surface area contributed by atoms with Gasteiger partial charge in [0.1, 0.15) is 0 Å². The third kappa shape index (κ3) is 5.21. The number of aliphatic imine (C=N–C) groups is 1. The summed E-state index contributed by atoms with van der Waals surface area (Å²) in [5.41, 5.74) is 4.63. The van der Waals surface area contributed by atoms with Crippen molar-refractivity contribution in [1.29, 1.82) is 0 Å². The number of rotatable bonds is 6. The van der Waals surface area contributed by atoms with Gasteiger partial charge in [0.15, 0.2) is 5.82 Å². The summed E-state index contributed by atoms with van der Waals surface area (Å²) in [4.78, 5) is 33.2. The fourth-order valence-electron chi connectivity index (χ4n) is 5.18. The first-order valence-electron chi connectivity index (χ1n) is 12.6. The second-order valence-electron chi connectivity index (χ2n) is 9.37. The Kier molecular flexibility index (Phi) is 7.22. The van der Waals surface area contributed by atoms with Gasteiger partial charge < -0.3 is 20.6 Å². The Labute approximate surface area is 214 Å². The smallest absolute Gasteiger partial charge is 0.321 e. The van der Waals surface area contributed by atoms with E-state index < -0.39 is 12.2 Å². The molecule has 0 radical (unpaired) electrons. The first-order valence-corrected chi connectivity index (χ1v) is 12.6. The highest BCUT2D eigenvalue weighted by atomic mass is 16.3. The number of anilines is 2. The fourth-order valence-corrected chi connectivity index (χ4v) is 5.18. The number of carbonyl (C=O) groups is 2. The lowest BCUT2D eigenvalue weighted by Crippen LogP contribution is -2.49. The Hall–Kier alpha value is -4.12. The van der Waals surface area contributed by atoms with Crippen LogP contribution in [0.3, 0.4) is 0 Å². The van der Waals surface area contributed by atoms with Crippen molar-refractivity contribution in [2.24, 2.45) is 10.9 Å². The topological polar surface area (TPSA) is 148 Å². The minimum absolute atomic E-state index is 0.108. The van der Waals surface area contributed by atoms with Gasteiger partial charge in [0.2, 0.25) is 6.17 Å². The summed E-state index contributed by atoms with van der Waals surface area (Å²) in [5, 5.41) is 29.1. The number of β-amino-alcohol motifs (C(OH)–C–C–N with tert-alkyl or cyclic N) is 1. The molecule has 1 aliphatic carbocycles. The maximum Gasteiger partial charge on any atom is 0.321 e. The zero-order valence-corrected chi connectivity index (χ0v) is 20.6. The normalized spacial score (nSPS) is 18.1. The van der Waals surface area contributed by atoms with E-state index in [1.54, 1.807) is 23.1 Å². The maximum absolute atomic E-state index is 13.7. The number of benzene rings is 2. The molecule has 2 aliphatic rings. The summed E-state index contributed by atoms with van der Waals surface area (Å²) in [6.07, 6.45) is 4.25. The lowest BCUT2D eigenvalue weighted by molar-refractivity contribution is -0.120. The number of hydrogen-bond donors (Lipinski definition) is 4. The van der Waals surface area contributed by atoms with E-state index in [9.17, 15) is 14.7 Å². The molecule has 3 aromatic rings. The molecule has 0 spiro atoms. The molecule has 1 aliphatic heterocycles. The van der Waals surface area contributed by atoms with Crippen LogP contribution in [0.2, 0.25) is 0 Å². The van der Waals surface area contributed by atoms with E-state index in [1.165, 1.54) is 6.42 Å². The van der Waals surface area contributed by atoms with Crippen LogP contribution < -0.4 is 15.5 Å². The van der Waals surface area contributed by atoms with Gasteiger partial charge >= 0.3 is 6.03 Å². The molecule has 1 fully saturated rings. The van der Waals surface area contributed by atoms with Gasteiger partial charge in [-0.3, -0.25) is 9.79 Å². The Morgan fingerprint density at radius 3 is 2.73 bits per heavy atom. The number of aliphatic hydroxyl groups is 1. The van der Waals surface area contributed by atoms with Crippen molar-refractivity contribution in [2.45, 2.75) is 45.2 Å². The van der Waals surface area contributed by atoms with Gasteiger partial charge in [-0.1, -0.05) is 49.6 Å². The zero-order chi connectivity index (χ0) is 25.8. The molecule has 2 aromatic carbocycles. The van der Waals surface area contributed by atoms with Crippen LogP contribution in [0.5, 0.6) is 0 Å².